The molecule has 0 atom stereocenters. The monoisotopic (exact) mass is 490 g/mol. The van der Waals surface area contributed by atoms with Crippen LogP contribution >= 0.6 is 15.8 Å². The first-order valence-corrected chi connectivity index (χ1v) is 12.2. The van der Waals surface area contributed by atoms with E-state index < -0.39 is 15.8 Å². The van der Waals surface area contributed by atoms with E-state index in [1.54, 1.807) is 0 Å². The number of hydrogen-bond acceptors (Lipinski definition) is 0. The Hall–Kier alpha value is -1.60. The van der Waals surface area contributed by atoms with Crippen molar-refractivity contribution < 1.29 is 20.4 Å². The van der Waals surface area contributed by atoms with Gasteiger partial charge in [-0.2, -0.15) is 0 Å². The molecule has 0 nitrogen and oxygen atoms in total. The third-order valence-electron chi connectivity index (χ3n) is 4.55. The molecule has 28 heavy (non-hydrogen) atoms. The summed E-state index contributed by atoms with van der Waals surface area (Å²) in [6.45, 7) is 0. The molecule has 0 spiro atoms. The molecule has 0 saturated heterocycles. The Labute approximate surface area is 184 Å². The number of benzene rings is 4. The van der Waals surface area contributed by atoms with Crippen molar-refractivity contribution in [2.75, 3.05) is 5.90 Å². The van der Waals surface area contributed by atoms with Crippen LogP contribution in [0.2, 0.25) is 0 Å². The fourth-order valence-electron chi connectivity index (χ4n) is 3.20. The zero-order chi connectivity index (χ0) is 18.3. The summed E-state index contributed by atoms with van der Waals surface area (Å²) in [4.78, 5) is 0. The summed E-state index contributed by atoms with van der Waals surface area (Å²) in [5.74, 6) is 1.17. The van der Waals surface area contributed by atoms with Crippen LogP contribution in [0.15, 0.2) is 121 Å². The normalized spacial score (nSPS) is 10.6. The summed E-state index contributed by atoms with van der Waals surface area (Å²) in [5, 5.41) is 5.83. The van der Waals surface area contributed by atoms with Gasteiger partial charge in [-0.05, 0) is 37.1 Å². The molecule has 0 radical (unpaired) electrons. The third kappa shape index (κ3) is 5.26. The zero-order valence-corrected chi connectivity index (χ0v) is 18.8. The molecule has 0 aromatic heterocycles. The van der Waals surface area contributed by atoms with Crippen LogP contribution in [0.25, 0.3) is 0 Å². The van der Waals surface area contributed by atoms with Gasteiger partial charge in [0.15, 0.2) is 0 Å². The minimum absolute atomic E-state index is 0. The molecule has 0 aliphatic rings. The number of hydrogen-bond donors (Lipinski definition) is 0. The molecular formula is C25H22P2Pd. The van der Waals surface area contributed by atoms with Crippen LogP contribution in [-0.2, 0) is 20.4 Å². The standard InChI is InChI=1S/C25H22P2.Pd/c1-5-13-22(14-6-1)26(23-15-7-2-8-16-23)21-27(24-17-9-3-10-18-24)25-19-11-4-12-20-25;/h1-20H,21H2;. The van der Waals surface area contributed by atoms with E-state index in [1.807, 2.05) is 0 Å². The minimum atomic E-state index is -0.409. The van der Waals surface area contributed by atoms with E-state index >= 15 is 0 Å². The summed E-state index contributed by atoms with van der Waals surface area (Å²) in [7, 11) is -0.817. The Kier molecular flexibility index (Phi) is 8.16. The topological polar surface area (TPSA) is 0 Å². The van der Waals surface area contributed by atoms with E-state index in [2.05, 4.69) is 121 Å². The first-order chi connectivity index (χ1) is 13.4. The van der Waals surface area contributed by atoms with E-state index in [4.69, 9.17) is 0 Å². The van der Waals surface area contributed by atoms with Crippen LogP contribution in [0, 0.1) is 0 Å². The molecule has 0 bridgehead atoms. The van der Waals surface area contributed by atoms with Crippen LogP contribution < -0.4 is 21.2 Å². The van der Waals surface area contributed by atoms with Crippen molar-refractivity contribution in [3.8, 4) is 0 Å². The predicted octanol–water partition coefficient (Wildman–Crippen LogP) is 5.21. The molecular weight excluding hydrogens is 469 g/mol. The SMILES string of the molecule is [Pd].c1ccc(P(CP(c2ccccc2)c2ccccc2)c2ccccc2)cc1. The van der Waals surface area contributed by atoms with Crippen molar-refractivity contribution in [1.82, 2.24) is 0 Å². The van der Waals surface area contributed by atoms with E-state index in [0.29, 0.717) is 0 Å². The van der Waals surface area contributed by atoms with Gasteiger partial charge in [-0.3, -0.25) is 0 Å². The molecule has 4 aromatic carbocycles. The fourth-order valence-corrected chi connectivity index (χ4v) is 9.67. The molecule has 0 heterocycles. The maximum atomic E-state index is 2.29. The van der Waals surface area contributed by atoms with Gasteiger partial charge < -0.3 is 0 Å². The molecule has 4 rings (SSSR count). The average Bonchev–Trinajstić information content (AvgIpc) is 2.77. The Balaban J connectivity index is 0.00000225. The Morgan fingerprint density at radius 3 is 0.786 bits per heavy atom. The van der Waals surface area contributed by atoms with Gasteiger partial charge >= 0.3 is 0 Å². The van der Waals surface area contributed by atoms with Crippen LogP contribution in [0.4, 0.5) is 0 Å². The average molecular weight is 491 g/mol. The third-order valence-corrected chi connectivity index (χ3v) is 10.5. The molecule has 0 saturated carbocycles. The summed E-state index contributed by atoms with van der Waals surface area (Å²) < 4.78 is 0. The molecule has 0 amide bonds. The Bertz CT molecular complexity index is 785. The van der Waals surface area contributed by atoms with Crippen molar-refractivity contribution in [2.24, 2.45) is 0 Å². The van der Waals surface area contributed by atoms with Gasteiger partial charge in [0.2, 0.25) is 0 Å². The number of rotatable bonds is 6. The first kappa shape index (κ1) is 21.1. The second-order valence-corrected chi connectivity index (χ2v) is 11.2. The van der Waals surface area contributed by atoms with Gasteiger partial charge in [0.05, 0.1) is 0 Å². The summed E-state index contributed by atoms with van der Waals surface area (Å²) >= 11 is 0. The molecule has 4 aromatic rings. The summed E-state index contributed by atoms with van der Waals surface area (Å²) in [5.41, 5.74) is 0. The van der Waals surface area contributed by atoms with E-state index in [-0.39, 0.29) is 20.4 Å². The van der Waals surface area contributed by atoms with Crippen molar-refractivity contribution in [3.05, 3.63) is 121 Å². The van der Waals surface area contributed by atoms with E-state index in [1.165, 1.54) is 27.1 Å². The van der Waals surface area contributed by atoms with Gasteiger partial charge in [-0.1, -0.05) is 121 Å². The van der Waals surface area contributed by atoms with Crippen LogP contribution in [0.1, 0.15) is 0 Å². The molecule has 3 heteroatoms. The molecule has 0 unspecified atom stereocenters. The largest absolute Gasteiger partial charge is 0.0622 e. The van der Waals surface area contributed by atoms with Gasteiger partial charge in [0.1, 0.15) is 0 Å². The van der Waals surface area contributed by atoms with Crippen molar-refractivity contribution in [1.29, 1.82) is 0 Å². The van der Waals surface area contributed by atoms with Crippen molar-refractivity contribution in [2.45, 2.75) is 0 Å². The maximum Gasteiger partial charge on any atom is 0.00405 e. The second kappa shape index (κ2) is 10.8. The van der Waals surface area contributed by atoms with Crippen LogP contribution in [-0.4, -0.2) is 5.90 Å². The van der Waals surface area contributed by atoms with Crippen molar-refractivity contribution >= 4 is 37.1 Å². The zero-order valence-electron chi connectivity index (χ0n) is 15.5. The Morgan fingerprint density at radius 1 is 0.357 bits per heavy atom. The van der Waals surface area contributed by atoms with Gasteiger partial charge in [-0.25, -0.2) is 0 Å². The smallest absolute Gasteiger partial charge is 0.00405 e. The van der Waals surface area contributed by atoms with Gasteiger partial charge in [0.25, 0.3) is 0 Å². The van der Waals surface area contributed by atoms with Crippen LogP contribution in [0.3, 0.4) is 0 Å². The Morgan fingerprint density at radius 2 is 0.571 bits per heavy atom. The minimum Gasteiger partial charge on any atom is -0.0622 e. The first-order valence-electron chi connectivity index (χ1n) is 9.17. The van der Waals surface area contributed by atoms with E-state index in [0.717, 1.165) is 0 Å². The van der Waals surface area contributed by atoms with Gasteiger partial charge in [-0.15, -0.1) is 0 Å². The maximum absolute atomic E-state index is 2.29. The second-order valence-electron chi connectivity index (χ2n) is 6.34. The summed E-state index contributed by atoms with van der Waals surface area (Å²) in [6.07, 6.45) is 0. The molecule has 142 valence electrons. The summed E-state index contributed by atoms with van der Waals surface area (Å²) in [6, 6.07) is 44.1. The predicted molar refractivity (Wildman–Crippen MR) is 123 cm³/mol. The quantitative estimate of drug-likeness (QED) is 0.257. The van der Waals surface area contributed by atoms with Gasteiger partial charge in [0, 0.05) is 26.3 Å². The van der Waals surface area contributed by atoms with Crippen LogP contribution in [0.5, 0.6) is 0 Å². The molecule has 0 aliphatic heterocycles. The fraction of sp³-hybridized carbons (Fsp3) is 0.0400. The molecule has 0 N–H and O–H groups in total. The van der Waals surface area contributed by atoms with Crippen molar-refractivity contribution in [3.63, 3.8) is 0 Å². The van der Waals surface area contributed by atoms with E-state index in [9.17, 15) is 0 Å². The molecule has 0 aliphatic carbocycles. The molecule has 0 fully saturated rings.